The number of rotatable bonds is 2. The van der Waals surface area contributed by atoms with Gasteiger partial charge in [-0.3, -0.25) is 9.69 Å². The number of methoxy groups -OCH3 is 1. The molecule has 0 amide bonds. The van der Waals surface area contributed by atoms with Gasteiger partial charge >= 0.3 is 5.97 Å². The Balaban J connectivity index is 2.21. The highest BCUT2D eigenvalue weighted by atomic mass is 35.5. The van der Waals surface area contributed by atoms with Crippen molar-refractivity contribution in [3.8, 4) is 0 Å². The van der Waals surface area contributed by atoms with Crippen LogP contribution in [0, 0.1) is 0 Å². The van der Waals surface area contributed by atoms with E-state index in [1.807, 2.05) is 19.1 Å². The van der Waals surface area contributed by atoms with Gasteiger partial charge < -0.3 is 10.5 Å². The van der Waals surface area contributed by atoms with Gasteiger partial charge in [0.1, 0.15) is 6.04 Å². The molecule has 1 heterocycles. The zero-order valence-corrected chi connectivity index (χ0v) is 11.3. The van der Waals surface area contributed by atoms with E-state index >= 15 is 0 Å². The molecule has 0 aromatic heterocycles. The Morgan fingerprint density at radius 2 is 2.28 bits per heavy atom. The van der Waals surface area contributed by atoms with Crippen molar-refractivity contribution >= 4 is 23.3 Å². The average Bonchev–Trinajstić information content (AvgIpc) is 2.41. The molecule has 1 aliphatic rings. The van der Waals surface area contributed by atoms with Gasteiger partial charge in [0.05, 0.1) is 17.8 Å². The number of nitrogens with two attached hydrogens (primary N) is 1. The lowest BCUT2D eigenvalue weighted by molar-refractivity contribution is -0.146. The Hall–Kier alpha value is -1.26. The molecule has 18 heavy (non-hydrogen) atoms. The van der Waals surface area contributed by atoms with Gasteiger partial charge in [0, 0.05) is 13.1 Å². The van der Waals surface area contributed by atoms with Gasteiger partial charge in [-0.2, -0.15) is 0 Å². The van der Waals surface area contributed by atoms with Crippen LogP contribution in [0.5, 0.6) is 0 Å². The maximum absolute atomic E-state index is 11.5. The van der Waals surface area contributed by atoms with E-state index in [0.29, 0.717) is 17.3 Å². The predicted molar refractivity (Wildman–Crippen MR) is 71.5 cm³/mol. The van der Waals surface area contributed by atoms with Crippen LogP contribution >= 0.6 is 11.6 Å². The molecule has 0 saturated carbocycles. The molecule has 1 aliphatic heterocycles. The number of carbonyl (C=O) groups is 1. The highest BCUT2D eigenvalue weighted by molar-refractivity contribution is 6.33. The van der Waals surface area contributed by atoms with Crippen molar-refractivity contribution < 1.29 is 9.53 Å². The second kappa shape index (κ2) is 5.16. The lowest BCUT2D eigenvalue weighted by atomic mass is 9.97. The number of fused-ring (bicyclic) bond motifs is 1. The Morgan fingerprint density at radius 1 is 1.56 bits per heavy atom. The molecule has 5 heteroatoms. The molecular weight excluding hydrogens is 252 g/mol. The number of carbonyl (C=O) groups excluding carboxylic acids is 1. The molecule has 4 nitrogen and oxygen atoms in total. The van der Waals surface area contributed by atoms with E-state index in [2.05, 4.69) is 4.90 Å². The quantitative estimate of drug-likeness (QED) is 0.657. The zero-order valence-electron chi connectivity index (χ0n) is 10.6. The molecule has 0 fully saturated rings. The summed E-state index contributed by atoms with van der Waals surface area (Å²) >= 11 is 6.00. The van der Waals surface area contributed by atoms with E-state index in [9.17, 15) is 4.79 Å². The first-order valence-electron chi connectivity index (χ1n) is 5.92. The Labute approximate surface area is 112 Å². The molecule has 1 aromatic carbocycles. The molecule has 0 spiro atoms. The van der Waals surface area contributed by atoms with Crippen LogP contribution < -0.4 is 5.73 Å². The van der Waals surface area contributed by atoms with Crippen molar-refractivity contribution in [3.63, 3.8) is 0 Å². The maximum atomic E-state index is 11.5. The van der Waals surface area contributed by atoms with Crippen molar-refractivity contribution in [2.75, 3.05) is 19.4 Å². The highest BCUT2D eigenvalue weighted by Gasteiger charge is 2.27. The minimum Gasteiger partial charge on any atom is -0.468 e. The highest BCUT2D eigenvalue weighted by Crippen LogP contribution is 2.30. The van der Waals surface area contributed by atoms with Crippen molar-refractivity contribution in [2.24, 2.45) is 0 Å². The first kappa shape index (κ1) is 13.2. The van der Waals surface area contributed by atoms with E-state index < -0.39 is 0 Å². The largest absolute Gasteiger partial charge is 0.468 e. The van der Waals surface area contributed by atoms with Gasteiger partial charge in [-0.1, -0.05) is 17.7 Å². The van der Waals surface area contributed by atoms with Gasteiger partial charge in [-0.15, -0.1) is 0 Å². The first-order chi connectivity index (χ1) is 8.54. The fraction of sp³-hybridized carbons (Fsp3) is 0.462. The number of hydrogen-bond acceptors (Lipinski definition) is 4. The van der Waals surface area contributed by atoms with Crippen molar-refractivity contribution in [3.05, 3.63) is 28.3 Å². The molecule has 1 aromatic rings. The molecule has 0 saturated heterocycles. The van der Waals surface area contributed by atoms with Crippen LogP contribution in [0.4, 0.5) is 5.69 Å². The summed E-state index contributed by atoms with van der Waals surface area (Å²) in [5.74, 6) is -0.208. The summed E-state index contributed by atoms with van der Waals surface area (Å²) in [6.07, 6.45) is 0.809. The second-order valence-corrected chi connectivity index (χ2v) is 4.93. The summed E-state index contributed by atoms with van der Waals surface area (Å²) in [7, 11) is 1.41. The van der Waals surface area contributed by atoms with Crippen LogP contribution in [0.2, 0.25) is 5.02 Å². The lowest BCUT2D eigenvalue weighted by Crippen LogP contribution is -2.42. The third-order valence-corrected chi connectivity index (χ3v) is 3.84. The Kier molecular flexibility index (Phi) is 3.78. The molecule has 2 N–H and O–H groups in total. The monoisotopic (exact) mass is 268 g/mol. The second-order valence-electron chi connectivity index (χ2n) is 4.52. The number of halogens is 1. The minimum atomic E-state index is -0.236. The average molecular weight is 269 g/mol. The summed E-state index contributed by atoms with van der Waals surface area (Å²) in [5, 5.41) is 0.600. The van der Waals surface area contributed by atoms with Crippen molar-refractivity contribution in [1.29, 1.82) is 0 Å². The van der Waals surface area contributed by atoms with Gasteiger partial charge in [0.15, 0.2) is 0 Å². The summed E-state index contributed by atoms with van der Waals surface area (Å²) in [4.78, 5) is 13.6. The Morgan fingerprint density at radius 3 is 2.94 bits per heavy atom. The number of nitrogens with zero attached hydrogens (tertiary/aromatic N) is 1. The molecule has 0 bridgehead atoms. The lowest BCUT2D eigenvalue weighted by Gasteiger charge is -2.32. The predicted octanol–water partition coefficient (Wildman–Crippen LogP) is 1.84. The SMILES string of the molecule is COC(=O)C(C)N1CCc2c(ccc(Cl)c2N)C1. The molecule has 1 unspecified atom stereocenters. The molecule has 0 aliphatic carbocycles. The summed E-state index contributed by atoms with van der Waals surface area (Å²) in [6, 6.07) is 3.55. The number of hydrogen-bond donors (Lipinski definition) is 1. The van der Waals surface area contributed by atoms with E-state index in [0.717, 1.165) is 24.1 Å². The number of esters is 1. The third kappa shape index (κ3) is 2.31. The fourth-order valence-electron chi connectivity index (χ4n) is 2.33. The summed E-state index contributed by atoms with van der Waals surface area (Å²) in [6.45, 7) is 3.34. The number of anilines is 1. The maximum Gasteiger partial charge on any atom is 0.322 e. The van der Waals surface area contributed by atoms with Gasteiger partial charge in [0.25, 0.3) is 0 Å². The van der Waals surface area contributed by atoms with Crippen LogP contribution in [0.3, 0.4) is 0 Å². The van der Waals surface area contributed by atoms with E-state index in [1.54, 1.807) is 0 Å². The normalized spacial score (nSPS) is 17.1. The zero-order chi connectivity index (χ0) is 13.3. The number of nitrogen functional groups attached to an aromatic ring is 1. The van der Waals surface area contributed by atoms with E-state index in [1.165, 1.54) is 7.11 Å². The topological polar surface area (TPSA) is 55.6 Å². The van der Waals surface area contributed by atoms with Gasteiger partial charge in [-0.05, 0) is 30.5 Å². The number of benzene rings is 1. The standard InChI is InChI=1S/C13H17ClN2O2/c1-8(13(17)18-2)16-6-5-10-9(7-16)3-4-11(14)12(10)15/h3-4,8H,5-7,15H2,1-2H3. The van der Waals surface area contributed by atoms with Gasteiger partial charge in [0.2, 0.25) is 0 Å². The van der Waals surface area contributed by atoms with Crippen molar-refractivity contribution in [1.82, 2.24) is 4.90 Å². The van der Waals surface area contributed by atoms with E-state index in [4.69, 9.17) is 22.1 Å². The molecule has 0 radical (unpaired) electrons. The van der Waals surface area contributed by atoms with E-state index in [-0.39, 0.29) is 12.0 Å². The van der Waals surface area contributed by atoms with Crippen LogP contribution in [0.1, 0.15) is 18.1 Å². The molecule has 98 valence electrons. The number of ether oxygens (including phenoxy) is 1. The molecule has 2 rings (SSSR count). The smallest absolute Gasteiger partial charge is 0.322 e. The van der Waals surface area contributed by atoms with Gasteiger partial charge in [-0.25, -0.2) is 0 Å². The van der Waals surface area contributed by atoms with Crippen LogP contribution in [-0.4, -0.2) is 30.6 Å². The minimum absolute atomic E-state index is 0.208. The fourth-order valence-corrected chi connectivity index (χ4v) is 2.51. The van der Waals surface area contributed by atoms with Crippen LogP contribution in [-0.2, 0) is 22.5 Å². The summed E-state index contributed by atoms with van der Waals surface area (Å²) < 4.78 is 4.77. The Bertz CT molecular complexity index is 476. The summed E-state index contributed by atoms with van der Waals surface area (Å²) in [5.41, 5.74) is 8.88. The third-order valence-electron chi connectivity index (χ3n) is 3.51. The van der Waals surface area contributed by atoms with Crippen LogP contribution in [0.15, 0.2) is 12.1 Å². The van der Waals surface area contributed by atoms with Crippen molar-refractivity contribution in [2.45, 2.75) is 25.9 Å². The molecular formula is C13H17ClN2O2. The molecule has 1 atom stereocenters. The first-order valence-corrected chi connectivity index (χ1v) is 6.30. The van der Waals surface area contributed by atoms with Crippen LogP contribution in [0.25, 0.3) is 0 Å².